The Kier molecular flexibility index (Phi) is 3.74. The number of hydrogen-bond acceptors (Lipinski definition) is 3. The highest BCUT2D eigenvalue weighted by Crippen LogP contribution is 1.87. The number of aromatic nitrogens is 3. The van der Waals surface area contributed by atoms with E-state index in [2.05, 4.69) is 32.4 Å². The summed E-state index contributed by atoms with van der Waals surface area (Å²) in [7, 11) is 0. The van der Waals surface area contributed by atoms with Crippen LogP contribution in [-0.4, -0.2) is 27.7 Å². The lowest BCUT2D eigenvalue weighted by Gasteiger charge is -2.01. The molecule has 6 heteroatoms. The average molecular weight is 182 g/mol. The van der Waals surface area contributed by atoms with Crippen LogP contribution in [0.15, 0.2) is 11.3 Å². The van der Waals surface area contributed by atoms with Crippen LogP contribution in [0, 0.1) is 0 Å². The van der Waals surface area contributed by atoms with Crippen molar-refractivity contribution in [2.24, 2.45) is 10.7 Å². The molecule has 1 aromatic heterocycles. The smallest absolute Gasteiger partial charge is 0.189 e. The first-order chi connectivity index (χ1) is 6.33. The van der Waals surface area contributed by atoms with Gasteiger partial charge in [-0.2, -0.15) is 5.10 Å². The molecule has 1 aromatic rings. The molecule has 72 valence electrons. The lowest BCUT2D eigenvalue weighted by molar-refractivity contribution is 0.818. The third-order valence-electron chi connectivity index (χ3n) is 1.42. The van der Waals surface area contributed by atoms with Gasteiger partial charge in [0.1, 0.15) is 18.7 Å². The third-order valence-corrected chi connectivity index (χ3v) is 1.42. The van der Waals surface area contributed by atoms with Gasteiger partial charge in [0, 0.05) is 6.54 Å². The molecule has 4 N–H and O–H groups in total. The van der Waals surface area contributed by atoms with E-state index in [0.717, 1.165) is 13.0 Å². The summed E-state index contributed by atoms with van der Waals surface area (Å²) < 4.78 is 0. The van der Waals surface area contributed by atoms with Gasteiger partial charge in [0.25, 0.3) is 0 Å². The molecule has 0 aliphatic heterocycles. The summed E-state index contributed by atoms with van der Waals surface area (Å²) in [5.74, 6) is 1.15. The van der Waals surface area contributed by atoms with Crippen molar-refractivity contribution in [3.63, 3.8) is 0 Å². The SMILES string of the molecule is CCCNC(N)=NCc1ncn[nH]1. The summed E-state index contributed by atoms with van der Waals surface area (Å²) >= 11 is 0. The topological polar surface area (TPSA) is 92.0 Å². The fraction of sp³-hybridized carbons (Fsp3) is 0.571. The summed E-state index contributed by atoms with van der Waals surface area (Å²) in [5, 5.41) is 9.35. The molecule has 13 heavy (non-hydrogen) atoms. The molecule has 0 fully saturated rings. The zero-order chi connectivity index (χ0) is 9.52. The Balaban J connectivity index is 2.30. The number of rotatable bonds is 4. The molecule has 6 nitrogen and oxygen atoms in total. The van der Waals surface area contributed by atoms with Gasteiger partial charge in [-0.3, -0.25) is 5.10 Å². The van der Waals surface area contributed by atoms with Gasteiger partial charge < -0.3 is 11.1 Å². The van der Waals surface area contributed by atoms with Crippen LogP contribution in [0.3, 0.4) is 0 Å². The number of guanidine groups is 1. The Morgan fingerprint density at radius 2 is 2.62 bits per heavy atom. The van der Waals surface area contributed by atoms with Crippen LogP contribution in [0.25, 0.3) is 0 Å². The summed E-state index contributed by atoms with van der Waals surface area (Å²) in [5.41, 5.74) is 5.55. The standard InChI is InChI=1S/C7H14N6/c1-2-3-9-7(8)10-4-6-11-5-12-13-6/h5H,2-4H2,1H3,(H3,8,9,10)(H,11,12,13). The van der Waals surface area contributed by atoms with Gasteiger partial charge in [0.15, 0.2) is 5.96 Å². The number of aromatic amines is 1. The van der Waals surface area contributed by atoms with Gasteiger partial charge in [0.2, 0.25) is 0 Å². The van der Waals surface area contributed by atoms with E-state index in [-0.39, 0.29) is 0 Å². The molecule has 0 bridgehead atoms. The first-order valence-electron chi connectivity index (χ1n) is 4.21. The number of nitrogens with zero attached hydrogens (tertiary/aromatic N) is 3. The molecule has 0 aliphatic carbocycles. The molecular formula is C7H14N6. The molecule has 0 spiro atoms. The zero-order valence-corrected chi connectivity index (χ0v) is 7.62. The number of aliphatic imine (C=N–C) groups is 1. The van der Waals surface area contributed by atoms with Crippen LogP contribution in [-0.2, 0) is 6.54 Å². The fourth-order valence-corrected chi connectivity index (χ4v) is 0.776. The van der Waals surface area contributed by atoms with E-state index >= 15 is 0 Å². The zero-order valence-electron chi connectivity index (χ0n) is 7.62. The van der Waals surface area contributed by atoms with Crippen molar-refractivity contribution in [1.29, 1.82) is 0 Å². The van der Waals surface area contributed by atoms with E-state index in [1.54, 1.807) is 0 Å². The Labute approximate surface area is 76.7 Å². The average Bonchev–Trinajstić information content (AvgIpc) is 2.64. The Bertz CT molecular complexity index is 252. The van der Waals surface area contributed by atoms with Crippen molar-refractivity contribution in [3.05, 3.63) is 12.2 Å². The molecule has 0 amide bonds. The second-order valence-electron chi connectivity index (χ2n) is 2.56. The Morgan fingerprint density at radius 1 is 1.77 bits per heavy atom. The Hall–Kier alpha value is -1.59. The molecular weight excluding hydrogens is 168 g/mol. The summed E-state index contributed by atoms with van der Waals surface area (Å²) in [6.45, 7) is 3.34. The predicted octanol–water partition coefficient (Wildman–Crippen LogP) is -0.381. The molecule has 0 atom stereocenters. The monoisotopic (exact) mass is 182 g/mol. The van der Waals surface area contributed by atoms with Gasteiger partial charge >= 0.3 is 0 Å². The Morgan fingerprint density at radius 3 is 3.23 bits per heavy atom. The molecule has 0 aromatic carbocycles. The third kappa shape index (κ3) is 3.55. The molecule has 1 heterocycles. The van der Waals surface area contributed by atoms with Gasteiger partial charge in [-0.05, 0) is 6.42 Å². The van der Waals surface area contributed by atoms with Crippen molar-refractivity contribution < 1.29 is 0 Å². The van der Waals surface area contributed by atoms with E-state index < -0.39 is 0 Å². The highest BCUT2D eigenvalue weighted by Gasteiger charge is 1.93. The van der Waals surface area contributed by atoms with Gasteiger partial charge in [-0.25, -0.2) is 9.98 Å². The molecule has 0 aliphatic rings. The second-order valence-corrected chi connectivity index (χ2v) is 2.56. The second kappa shape index (κ2) is 5.13. The summed E-state index contributed by atoms with van der Waals surface area (Å²) in [6.07, 6.45) is 2.47. The number of hydrogen-bond donors (Lipinski definition) is 3. The fourth-order valence-electron chi connectivity index (χ4n) is 0.776. The number of nitrogens with one attached hydrogen (secondary N) is 2. The first kappa shape index (κ1) is 9.50. The maximum absolute atomic E-state index is 5.55. The van der Waals surface area contributed by atoms with E-state index in [1.807, 2.05) is 0 Å². The maximum Gasteiger partial charge on any atom is 0.189 e. The van der Waals surface area contributed by atoms with Crippen LogP contribution in [0.5, 0.6) is 0 Å². The van der Waals surface area contributed by atoms with Crippen LogP contribution in [0.2, 0.25) is 0 Å². The van der Waals surface area contributed by atoms with Crippen molar-refractivity contribution >= 4 is 5.96 Å². The molecule has 0 radical (unpaired) electrons. The van der Waals surface area contributed by atoms with Crippen LogP contribution in [0.1, 0.15) is 19.2 Å². The van der Waals surface area contributed by atoms with E-state index in [0.29, 0.717) is 18.3 Å². The normalized spacial score (nSPS) is 11.6. The highest BCUT2D eigenvalue weighted by atomic mass is 15.2. The number of H-pyrrole nitrogens is 1. The van der Waals surface area contributed by atoms with E-state index in [9.17, 15) is 0 Å². The predicted molar refractivity (Wildman–Crippen MR) is 50.0 cm³/mol. The van der Waals surface area contributed by atoms with Crippen LogP contribution in [0.4, 0.5) is 0 Å². The molecule has 1 rings (SSSR count). The minimum absolute atomic E-state index is 0.433. The van der Waals surface area contributed by atoms with Gasteiger partial charge in [-0.15, -0.1) is 0 Å². The van der Waals surface area contributed by atoms with Crippen LogP contribution < -0.4 is 11.1 Å². The van der Waals surface area contributed by atoms with Crippen molar-refractivity contribution in [2.45, 2.75) is 19.9 Å². The molecule has 0 saturated carbocycles. The van der Waals surface area contributed by atoms with Crippen molar-refractivity contribution in [2.75, 3.05) is 6.54 Å². The lowest BCUT2D eigenvalue weighted by atomic mass is 10.5. The van der Waals surface area contributed by atoms with E-state index in [1.165, 1.54) is 6.33 Å². The minimum Gasteiger partial charge on any atom is -0.370 e. The number of nitrogens with two attached hydrogens (primary N) is 1. The van der Waals surface area contributed by atoms with Gasteiger partial charge in [-0.1, -0.05) is 6.92 Å². The summed E-state index contributed by atoms with van der Waals surface area (Å²) in [4.78, 5) is 7.97. The largest absolute Gasteiger partial charge is 0.370 e. The summed E-state index contributed by atoms with van der Waals surface area (Å²) in [6, 6.07) is 0. The van der Waals surface area contributed by atoms with E-state index in [4.69, 9.17) is 5.73 Å². The highest BCUT2D eigenvalue weighted by molar-refractivity contribution is 5.77. The minimum atomic E-state index is 0.433. The lowest BCUT2D eigenvalue weighted by Crippen LogP contribution is -2.32. The molecule has 0 unspecified atom stereocenters. The maximum atomic E-state index is 5.55. The van der Waals surface area contributed by atoms with Crippen molar-refractivity contribution in [1.82, 2.24) is 20.5 Å². The van der Waals surface area contributed by atoms with Crippen molar-refractivity contribution in [3.8, 4) is 0 Å². The first-order valence-corrected chi connectivity index (χ1v) is 4.21. The van der Waals surface area contributed by atoms with Gasteiger partial charge in [0.05, 0.1) is 0 Å². The quantitative estimate of drug-likeness (QED) is 0.437. The van der Waals surface area contributed by atoms with Crippen LogP contribution >= 0.6 is 0 Å². The molecule has 0 saturated heterocycles.